The zero-order valence-electron chi connectivity index (χ0n) is 12.5. The Bertz CT molecular complexity index is 323. The van der Waals surface area contributed by atoms with E-state index in [0.29, 0.717) is 5.92 Å². The predicted octanol–water partition coefficient (Wildman–Crippen LogP) is 0.733. The summed E-state index contributed by atoms with van der Waals surface area (Å²) in [6.07, 6.45) is 1.60. The molecule has 1 aliphatic rings. The molecular formula is C14H27N3O2. The number of nitrogens with zero attached hydrogens (tertiary/aromatic N) is 1. The van der Waals surface area contributed by atoms with Crippen molar-refractivity contribution in [3.63, 3.8) is 0 Å². The van der Waals surface area contributed by atoms with Crippen molar-refractivity contribution >= 4 is 11.8 Å². The summed E-state index contributed by atoms with van der Waals surface area (Å²) >= 11 is 0. The first-order valence-electron chi connectivity index (χ1n) is 7.16. The summed E-state index contributed by atoms with van der Waals surface area (Å²) in [4.78, 5) is 25.3. The van der Waals surface area contributed by atoms with E-state index in [9.17, 15) is 9.59 Å². The minimum Gasteiger partial charge on any atom is -0.368 e. The normalized spacial score (nSPS) is 21.1. The summed E-state index contributed by atoms with van der Waals surface area (Å²) < 4.78 is 0. The second-order valence-electron chi connectivity index (χ2n) is 5.93. The van der Waals surface area contributed by atoms with Gasteiger partial charge < -0.3 is 11.1 Å². The molecule has 3 N–H and O–H groups in total. The number of nitrogens with two attached hydrogens (primary N) is 1. The van der Waals surface area contributed by atoms with Gasteiger partial charge in [0.25, 0.3) is 0 Å². The molecule has 0 aromatic rings. The third-order valence-corrected chi connectivity index (χ3v) is 4.23. The van der Waals surface area contributed by atoms with Crippen molar-refractivity contribution < 1.29 is 9.59 Å². The molecule has 1 heterocycles. The van der Waals surface area contributed by atoms with Crippen molar-refractivity contribution in [2.24, 2.45) is 17.6 Å². The smallest absolute Gasteiger partial charge is 0.234 e. The summed E-state index contributed by atoms with van der Waals surface area (Å²) in [5.41, 5.74) is 5.30. The number of carbonyl (C=O) groups is 2. The van der Waals surface area contributed by atoms with Crippen molar-refractivity contribution in [2.45, 2.75) is 52.6 Å². The zero-order valence-corrected chi connectivity index (χ0v) is 12.5. The van der Waals surface area contributed by atoms with Gasteiger partial charge in [-0.2, -0.15) is 0 Å². The van der Waals surface area contributed by atoms with Gasteiger partial charge in [0.2, 0.25) is 11.8 Å². The third kappa shape index (κ3) is 4.49. The van der Waals surface area contributed by atoms with Crippen LogP contribution in [0.3, 0.4) is 0 Å². The number of primary amides is 1. The molecule has 0 spiro atoms. The van der Waals surface area contributed by atoms with Gasteiger partial charge in [-0.25, -0.2) is 0 Å². The van der Waals surface area contributed by atoms with E-state index in [1.807, 2.05) is 13.8 Å². The molecule has 2 atom stereocenters. The van der Waals surface area contributed by atoms with Crippen LogP contribution in [0.5, 0.6) is 0 Å². The quantitative estimate of drug-likeness (QED) is 0.772. The highest BCUT2D eigenvalue weighted by molar-refractivity contribution is 5.80. The topological polar surface area (TPSA) is 75.4 Å². The number of carbonyl (C=O) groups excluding carboxylic acids is 2. The van der Waals surface area contributed by atoms with E-state index < -0.39 is 0 Å². The highest BCUT2D eigenvalue weighted by atomic mass is 16.2. The molecule has 0 aromatic carbocycles. The first-order valence-corrected chi connectivity index (χ1v) is 7.16. The summed E-state index contributed by atoms with van der Waals surface area (Å²) in [5.74, 6) is 0.361. The minimum atomic E-state index is -0.295. The first-order chi connectivity index (χ1) is 8.82. The summed E-state index contributed by atoms with van der Waals surface area (Å²) in [5, 5.41) is 3.07. The molecule has 0 aliphatic carbocycles. The number of rotatable bonds is 5. The molecule has 1 saturated heterocycles. The molecule has 0 radical (unpaired) electrons. The Morgan fingerprint density at radius 1 is 1.16 bits per heavy atom. The van der Waals surface area contributed by atoms with Gasteiger partial charge in [0.05, 0.1) is 6.04 Å². The third-order valence-electron chi connectivity index (χ3n) is 4.23. The molecule has 19 heavy (non-hydrogen) atoms. The number of likely N-dealkylation sites (tertiary alicyclic amines) is 1. The van der Waals surface area contributed by atoms with Gasteiger partial charge in [0.1, 0.15) is 0 Å². The number of hydrogen-bond acceptors (Lipinski definition) is 3. The number of nitrogens with one attached hydrogen (secondary N) is 1. The molecule has 2 amide bonds. The van der Waals surface area contributed by atoms with Crippen LogP contribution in [0.1, 0.15) is 40.5 Å². The fraction of sp³-hybridized carbons (Fsp3) is 0.857. The average molecular weight is 269 g/mol. The van der Waals surface area contributed by atoms with E-state index in [-0.39, 0.29) is 29.8 Å². The lowest BCUT2D eigenvalue weighted by Crippen LogP contribution is -2.49. The maximum atomic E-state index is 12.1. The molecule has 0 unspecified atom stereocenters. The molecule has 1 fully saturated rings. The molecule has 1 rings (SSSR count). The molecule has 5 nitrogen and oxygen atoms in total. The molecule has 1 aliphatic heterocycles. The summed E-state index contributed by atoms with van der Waals surface area (Å²) in [6.45, 7) is 9.58. The predicted molar refractivity (Wildman–Crippen MR) is 75.4 cm³/mol. The van der Waals surface area contributed by atoms with Gasteiger partial charge in [-0.3, -0.25) is 14.5 Å². The SMILES string of the molecule is CC(C)[C@@H](C)NC(=O)C1CCN([C@H](C)C(N)=O)CC1. The van der Waals surface area contributed by atoms with Gasteiger partial charge in [-0.1, -0.05) is 13.8 Å². The molecule has 0 aromatic heterocycles. The lowest BCUT2D eigenvalue weighted by Gasteiger charge is -2.34. The highest BCUT2D eigenvalue weighted by Gasteiger charge is 2.29. The van der Waals surface area contributed by atoms with Crippen LogP contribution in [-0.2, 0) is 9.59 Å². The monoisotopic (exact) mass is 269 g/mol. The second kappa shape index (κ2) is 6.89. The van der Waals surface area contributed by atoms with Crippen LogP contribution in [0.2, 0.25) is 0 Å². The Morgan fingerprint density at radius 3 is 2.11 bits per heavy atom. The fourth-order valence-corrected chi connectivity index (χ4v) is 2.24. The second-order valence-corrected chi connectivity index (χ2v) is 5.93. The van der Waals surface area contributed by atoms with Gasteiger partial charge in [-0.15, -0.1) is 0 Å². The Labute approximate surface area is 115 Å². The van der Waals surface area contributed by atoms with Crippen molar-refractivity contribution in [2.75, 3.05) is 13.1 Å². The molecular weight excluding hydrogens is 242 g/mol. The summed E-state index contributed by atoms with van der Waals surface area (Å²) in [7, 11) is 0. The van der Waals surface area contributed by atoms with Crippen LogP contribution in [-0.4, -0.2) is 41.9 Å². The van der Waals surface area contributed by atoms with Crippen molar-refractivity contribution in [3.05, 3.63) is 0 Å². The standard InChI is InChI=1S/C14H27N3O2/c1-9(2)10(3)16-14(19)12-5-7-17(8-6-12)11(4)13(15)18/h9-12H,5-8H2,1-4H3,(H2,15,18)(H,16,19)/t10-,11-/m1/s1. The van der Waals surface area contributed by atoms with Crippen LogP contribution in [0, 0.1) is 11.8 Å². The Morgan fingerprint density at radius 2 is 1.68 bits per heavy atom. The number of hydrogen-bond donors (Lipinski definition) is 2. The Kier molecular flexibility index (Phi) is 5.79. The van der Waals surface area contributed by atoms with Crippen molar-refractivity contribution in [1.82, 2.24) is 10.2 Å². The highest BCUT2D eigenvalue weighted by Crippen LogP contribution is 2.19. The van der Waals surface area contributed by atoms with Crippen LogP contribution in [0.25, 0.3) is 0 Å². The maximum absolute atomic E-state index is 12.1. The molecule has 110 valence electrons. The maximum Gasteiger partial charge on any atom is 0.234 e. The molecule has 0 saturated carbocycles. The zero-order chi connectivity index (χ0) is 14.6. The lowest BCUT2D eigenvalue weighted by molar-refractivity contribution is -0.128. The van der Waals surface area contributed by atoms with E-state index in [4.69, 9.17) is 5.73 Å². The van der Waals surface area contributed by atoms with E-state index in [1.165, 1.54) is 0 Å². The lowest BCUT2D eigenvalue weighted by atomic mass is 9.94. The first kappa shape index (κ1) is 16.0. The van der Waals surface area contributed by atoms with E-state index in [2.05, 4.69) is 24.1 Å². The Hall–Kier alpha value is -1.10. The fourth-order valence-electron chi connectivity index (χ4n) is 2.24. The average Bonchev–Trinajstić information content (AvgIpc) is 2.37. The van der Waals surface area contributed by atoms with Gasteiger partial charge >= 0.3 is 0 Å². The van der Waals surface area contributed by atoms with Gasteiger partial charge in [-0.05, 0) is 45.7 Å². The largest absolute Gasteiger partial charge is 0.368 e. The number of amides is 2. The number of piperidine rings is 1. The van der Waals surface area contributed by atoms with Crippen molar-refractivity contribution in [3.8, 4) is 0 Å². The van der Waals surface area contributed by atoms with Gasteiger partial charge in [0, 0.05) is 12.0 Å². The van der Waals surface area contributed by atoms with Crippen molar-refractivity contribution in [1.29, 1.82) is 0 Å². The molecule has 5 heteroatoms. The van der Waals surface area contributed by atoms with Crippen LogP contribution < -0.4 is 11.1 Å². The van der Waals surface area contributed by atoms with Crippen LogP contribution in [0.15, 0.2) is 0 Å². The Balaban J connectivity index is 2.41. The van der Waals surface area contributed by atoms with E-state index in [1.54, 1.807) is 0 Å². The van der Waals surface area contributed by atoms with Gasteiger partial charge in [0.15, 0.2) is 0 Å². The van der Waals surface area contributed by atoms with Crippen LogP contribution >= 0.6 is 0 Å². The van der Waals surface area contributed by atoms with Crippen LogP contribution in [0.4, 0.5) is 0 Å². The minimum absolute atomic E-state index is 0.0672. The summed E-state index contributed by atoms with van der Waals surface area (Å²) in [6, 6.07) is -0.0336. The van der Waals surface area contributed by atoms with E-state index in [0.717, 1.165) is 25.9 Å². The molecule has 0 bridgehead atoms. The van der Waals surface area contributed by atoms with E-state index >= 15 is 0 Å².